The van der Waals surface area contributed by atoms with Gasteiger partial charge in [0.1, 0.15) is 5.75 Å². The summed E-state index contributed by atoms with van der Waals surface area (Å²) in [6.07, 6.45) is -4.22. The van der Waals surface area contributed by atoms with Gasteiger partial charge < -0.3 is 29.2 Å². The van der Waals surface area contributed by atoms with E-state index in [0.29, 0.717) is 49.8 Å². The van der Waals surface area contributed by atoms with E-state index in [-0.39, 0.29) is 29.3 Å². The lowest BCUT2D eigenvalue weighted by Crippen LogP contribution is -2.47. The summed E-state index contributed by atoms with van der Waals surface area (Å²) in [6.45, 7) is 5.68. The molecule has 1 fully saturated rings. The van der Waals surface area contributed by atoms with Gasteiger partial charge in [-0.1, -0.05) is 0 Å². The second-order valence-corrected chi connectivity index (χ2v) is 11.5. The van der Waals surface area contributed by atoms with Crippen LogP contribution in [-0.4, -0.2) is 84.7 Å². The average Bonchev–Trinajstić information content (AvgIpc) is 3.34. The fourth-order valence-corrected chi connectivity index (χ4v) is 5.71. The van der Waals surface area contributed by atoms with Crippen LogP contribution in [0.2, 0.25) is 0 Å². The molecule has 3 rings (SSSR count). The van der Waals surface area contributed by atoms with Gasteiger partial charge in [0.25, 0.3) is 5.91 Å². The second-order valence-electron chi connectivity index (χ2n) is 9.78. The number of nitrogens with one attached hydrogen (secondary N) is 2. The predicted octanol–water partition coefficient (Wildman–Crippen LogP) is 3.43. The van der Waals surface area contributed by atoms with Gasteiger partial charge in [-0.2, -0.15) is 0 Å². The molecule has 1 aliphatic heterocycles. The Morgan fingerprint density at radius 3 is 2.39 bits per heavy atom. The van der Waals surface area contributed by atoms with Crippen molar-refractivity contribution in [3.05, 3.63) is 48.0 Å². The third-order valence-corrected chi connectivity index (χ3v) is 8.00. The molecule has 0 spiro atoms. The Kier molecular flexibility index (Phi) is 11.2. The van der Waals surface area contributed by atoms with Crippen LogP contribution < -0.4 is 24.2 Å². The molecule has 41 heavy (non-hydrogen) atoms. The zero-order valence-corrected chi connectivity index (χ0v) is 24.2. The highest BCUT2D eigenvalue weighted by Gasteiger charge is 2.35. The molecule has 228 valence electrons. The van der Waals surface area contributed by atoms with E-state index < -0.39 is 28.2 Å². The molecule has 14 heteroatoms. The number of carbonyl (C=O) groups is 1. The molecule has 10 nitrogen and oxygen atoms in total. The van der Waals surface area contributed by atoms with Gasteiger partial charge in [0.2, 0.25) is 10.0 Å². The quantitative estimate of drug-likeness (QED) is 0.316. The van der Waals surface area contributed by atoms with Gasteiger partial charge in [0, 0.05) is 63.3 Å². The van der Waals surface area contributed by atoms with Crippen molar-refractivity contribution in [2.24, 2.45) is 5.92 Å². The van der Waals surface area contributed by atoms with Crippen LogP contribution in [0.25, 0.3) is 0 Å². The molecule has 1 saturated heterocycles. The number of nitrogens with zero attached hydrogens (tertiary/aromatic N) is 1. The topological polar surface area (TPSA) is 115 Å². The van der Waals surface area contributed by atoms with Crippen molar-refractivity contribution in [3.63, 3.8) is 0 Å². The van der Waals surface area contributed by atoms with E-state index in [9.17, 15) is 26.4 Å². The smallest absolute Gasteiger partial charge is 0.493 e. The number of benzene rings is 2. The molecule has 0 radical (unpaired) electrons. The first-order valence-electron chi connectivity index (χ1n) is 13.0. The average molecular weight is 604 g/mol. The number of hydrogen-bond acceptors (Lipinski definition) is 8. The van der Waals surface area contributed by atoms with Gasteiger partial charge >= 0.3 is 6.36 Å². The Bertz CT molecular complexity index is 1260. The predicted molar refractivity (Wildman–Crippen MR) is 145 cm³/mol. The SMILES string of the molecule is COCCCOc1cc(C(=O)N(C[C@@H]2CNCC2NS(=O)(=O)c2ccc(OC(F)(F)F)cc2)C(C)C)ccc1OC. The van der Waals surface area contributed by atoms with Crippen LogP contribution >= 0.6 is 0 Å². The third-order valence-electron chi connectivity index (χ3n) is 6.49. The van der Waals surface area contributed by atoms with Gasteiger partial charge in [-0.05, 0) is 56.3 Å². The standard InChI is InChI=1S/C27H36F3N3O7S/c1-18(2)33(26(34)19-6-11-24(38-4)25(14-19)39-13-5-12-37-3)17-20-15-31-16-23(20)32-41(35,36)22-9-7-21(8-10-22)40-27(28,29)30/h6-11,14,18,20,23,31-32H,5,12-13,15-17H2,1-4H3/t20-,23?/m0/s1. The minimum atomic E-state index is -4.88. The molecule has 0 aromatic heterocycles. The molecule has 0 aliphatic carbocycles. The highest BCUT2D eigenvalue weighted by molar-refractivity contribution is 7.89. The molecule has 1 heterocycles. The van der Waals surface area contributed by atoms with E-state index in [0.717, 1.165) is 24.3 Å². The first-order chi connectivity index (χ1) is 19.3. The number of carbonyl (C=O) groups excluding carboxylic acids is 1. The van der Waals surface area contributed by atoms with Crippen LogP contribution in [-0.2, 0) is 14.8 Å². The lowest BCUT2D eigenvalue weighted by molar-refractivity contribution is -0.274. The molecule has 2 aromatic carbocycles. The molecule has 2 atom stereocenters. The number of alkyl halides is 3. The minimum Gasteiger partial charge on any atom is -0.493 e. The summed E-state index contributed by atoms with van der Waals surface area (Å²) in [6, 6.07) is 8.15. The second kappa shape index (κ2) is 14.2. The number of halogens is 3. The Labute approximate surface area is 238 Å². The van der Waals surface area contributed by atoms with E-state index >= 15 is 0 Å². The maximum absolute atomic E-state index is 13.6. The van der Waals surface area contributed by atoms with Crippen LogP contribution in [0.1, 0.15) is 30.6 Å². The highest BCUT2D eigenvalue weighted by Crippen LogP contribution is 2.30. The molecule has 2 aromatic rings. The van der Waals surface area contributed by atoms with Gasteiger partial charge in [-0.15, -0.1) is 13.2 Å². The van der Waals surface area contributed by atoms with Crippen molar-refractivity contribution in [1.82, 2.24) is 14.9 Å². The Hall–Kier alpha value is -3.07. The lowest BCUT2D eigenvalue weighted by atomic mass is 10.0. The van der Waals surface area contributed by atoms with E-state index in [4.69, 9.17) is 14.2 Å². The first-order valence-corrected chi connectivity index (χ1v) is 14.5. The van der Waals surface area contributed by atoms with Crippen LogP contribution in [0.4, 0.5) is 13.2 Å². The molecule has 1 unspecified atom stereocenters. The van der Waals surface area contributed by atoms with Crippen molar-refractivity contribution in [1.29, 1.82) is 0 Å². The number of methoxy groups -OCH3 is 2. The fraction of sp³-hybridized carbons (Fsp3) is 0.519. The van der Waals surface area contributed by atoms with Gasteiger partial charge in [0.15, 0.2) is 11.5 Å². The van der Waals surface area contributed by atoms with Crippen LogP contribution in [0.5, 0.6) is 17.2 Å². The molecule has 0 saturated carbocycles. The number of sulfonamides is 1. The van der Waals surface area contributed by atoms with Gasteiger partial charge in [0.05, 0.1) is 18.6 Å². The normalized spacial score (nSPS) is 17.5. The molecule has 2 N–H and O–H groups in total. The van der Waals surface area contributed by atoms with Crippen molar-refractivity contribution in [2.45, 2.75) is 43.6 Å². The molecular weight excluding hydrogens is 567 g/mol. The van der Waals surface area contributed by atoms with Crippen molar-refractivity contribution < 1.29 is 45.3 Å². The summed E-state index contributed by atoms with van der Waals surface area (Å²) in [4.78, 5) is 15.1. The van der Waals surface area contributed by atoms with Crippen LogP contribution in [0.3, 0.4) is 0 Å². The molecular formula is C27H36F3N3O7S. The Balaban J connectivity index is 1.72. The monoisotopic (exact) mass is 603 g/mol. The van der Waals surface area contributed by atoms with Crippen molar-refractivity contribution in [2.75, 3.05) is 47.1 Å². The van der Waals surface area contributed by atoms with E-state index in [1.165, 1.54) is 7.11 Å². The summed E-state index contributed by atoms with van der Waals surface area (Å²) < 4.78 is 86.0. The lowest BCUT2D eigenvalue weighted by Gasteiger charge is -2.32. The van der Waals surface area contributed by atoms with Crippen LogP contribution in [0, 0.1) is 5.92 Å². The van der Waals surface area contributed by atoms with Gasteiger partial charge in [-0.25, -0.2) is 13.1 Å². The third kappa shape index (κ3) is 9.21. The van der Waals surface area contributed by atoms with Crippen molar-refractivity contribution >= 4 is 15.9 Å². The van der Waals surface area contributed by atoms with E-state index in [2.05, 4.69) is 14.8 Å². The number of ether oxygens (including phenoxy) is 4. The minimum absolute atomic E-state index is 0.199. The van der Waals surface area contributed by atoms with Crippen LogP contribution in [0.15, 0.2) is 47.4 Å². The largest absolute Gasteiger partial charge is 0.573 e. The number of hydrogen-bond donors (Lipinski definition) is 2. The van der Waals surface area contributed by atoms with E-state index in [1.54, 1.807) is 30.2 Å². The van der Waals surface area contributed by atoms with Crippen molar-refractivity contribution in [3.8, 4) is 17.2 Å². The van der Waals surface area contributed by atoms with Gasteiger partial charge in [-0.3, -0.25) is 4.79 Å². The van der Waals surface area contributed by atoms with E-state index in [1.807, 2.05) is 13.8 Å². The highest BCUT2D eigenvalue weighted by atomic mass is 32.2. The Morgan fingerprint density at radius 2 is 1.78 bits per heavy atom. The zero-order valence-electron chi connectivity index (χ0n) is 23.4. The number of rotatable bonds is 14. The molecule has 0 bridgehead atoms. The molecule has 1 aliphatic rings. The molecule has 1 amide bonds. The Morgan fingerprint density at radius 1 is 1.07 bits per heavy atom. The number of amides is 1. The first kappa shape index (κ1) is 32.4. The summed E-state index contributed by atoms with van der Waals surface area (Å²) in [7, 11) is -0.948. The summed E-state index contributed by atoms with van der Waals surface area (Å²) >= 11 is 0. The summed E-state index contributed by atoms with van der Waals surface area (Å²) in [5.74, 6) is -0.129. The summed E-state index contributed by atoms with van der Waals surface area (Å²) in [5.41, 5.74) is 0.394. The maximum Gasteiger partial charge on any atom is 0.573 e. The fourth-order valence-electron chi connectivity index (χ4n) is 4.41. The zero-order chi connectivity index (χ0) is 30.2. The summed E-state index contributed by atoms with van der Waals surface area (Å²) in [5, 5.41) is 3.16. The maximum atomic E-state index is 13.6.